The van der Waals surface area contributed by atoms with E-state index in [0.717, 1.165) is 29.7 Å². The molecule has 0 radical (unpaired) electrons. The Morgan fingerprint density at radius 3 is 2.64 bits per heavy atom. The maximum absolute atomic E-state index is 12.4. The summed E-state index contributed by atoms with van der Waals surface area (Å²) in [5.74, 6) is 1.25. The standard InChI is InChI=1S/C18H27F2N3O.HI/c1-3-21-18(23-12-17(19)20)22-11-14-9-8-13(2)10-16(14)24-15-6-4-5-7-15;/h8-10,15,17H,3-7,11-12H2,1-2H3,(H2,21,22,23);1H. The summed E-state index contributed by atoms with van der Waals surface area (Å²) >= 11 is 0. The Morgan fingerprint density at radius 1 is 1.28 bits per heavy atom. The Balaban J connectivity index is 0.00000312. The number of ether oxygens (including phenoxy) is 1. The largest absolute Gasteiger partial charge is 0.490 e. The highest BCUT2D eigenvalue weighted by Gasteiger charge is 2.18. The second kappa shape index (κ2) is 11.5. The van der Waals surface area contributed by atoms with Crippen molar-refractivity contribution >= 4 is 29.9 Å². The highest BCUT2D eigenvalue weighted by atomic mass is 127. The molecule has 142 valence electrons. The van der Waals surface area contributed by atoms with E-state index >= 15 is 0 Å². The van der Waals surface area contributed by atoms with Crippen molar-refractivity contribution in [1.29, 1.82) is 0 Å². The zero-order chi connectivity index (χ0) is 17.4. The summed E-state index contributed by atoms with van der Waals surface area (Å²) in [6.45, 7) is 4.53. The molecule has 0 saturated heterocycles. The lowest BCUT2D eigenvalue weighted by molar-refractivity contribution is 0.152. The molecule has 1 aliphatic carbocycles. The van der Waals surface area contributed by atoms with Crippen LogP contribution in [0.15, 0.2) is 23.2 Å². The normalized spacial score (nSPS) is 15.2. The molecular formula is C18H28F2IN3O. The van der Waals surface area contributed by atoms with Crippen LogP contribution >= 0.6 is 24.0 Å². The summed E-state index contributed by atoms with van der Waals surface area (Å²) in [7, 11) is 0. The summed E-state index contributed by atoms with van der Waals surface area (Å²) in [5.41, 5.74) is 2.11. The monoisotopic (exact) mass is 467 g/mol. The molecule has 0 unspecified atom stereocenters. The number of rotatable bonds is 7. The third-order valence-electron chi connectivity index (χ3n) is 3.99. The van der Waals surface area contributed by atoms with Crippen LogP contribution in [0.5, 0.6) is 5.75 Å². The predicted molar refractivity (Wildman–Crippen MR) is 108 cm³/mol. The van der Waals surface area contributed by atoms with Crippen molar-refractivity contribution in [3.8, 4) is 5.75 Å². The summed E-state index contributed by atoms with van der Waals surface area (Å²) in [4.78, 5) is 4.40. The summed E-state index contributed by atoms with van der Waals surface area (Å²) in [6, 6.07) is 6.05. The summed E-state index contributed by atoms with van der Waals surface area (Å²) < 4.78 is 30.9. The smallest absolute Gasteiger partial charge is 0.255 e. The minimum absolute atomic E-state index is 0. The molecule has 4 nitrogen and oxygen atoms in total. The zero-order valence-corrected chi connectivity index (χ0v) is 17.2. The number of nitrogens with one attached hydrogen (secondary N) is 2. The Morgan fingerprint density at radius 2 is 2.00 bits per heavy atom. The number of aliphatic imine (C=N–C) groups is 1. The van der Waals surface area contributed by atoms with Crippen molar-refractivity contribution in [2.45, 2.75) is 58.6 Å². The molecule has 0 aromatic heterocycles. The van der Waals surface area contributed by atoms with Gasteiger partial charge >= 0.3 is 0 Å². The molecule has 0 heterocycles. The second-order valence-corrected chi connectivity index (χ2v) is 6.10. The van der Waals surface area contributed by atoms with Gasteiger partial charge < -0.3 is 15.4 Å². The lowest BCUT2D eigenvalue weighted by Crippen LogP contribution is -2.39. The number of aryl methyl sites for hydroxylation is 1. The van der Waals surface area contributed by atoms with Crippen molar-refractivity contribution in [1.82, 2.24) is 10.6 Å². The molecule has 2 rings (SSSR count). The van der Waals surface area contributed by atoms with E-state index in [2.05, 4.69) is 15.6 Å². The van der Waals surface area contributed by atoms with Gasteiger partial charge in [-0.1, -0.05) is 12.1 Å². The average molecular weight is 467 g/mol. The molecule has 1 aliphatic rings. The molecule has 0 bridgehead atoms. The average Bonchev–Trinajstić information content (AvgIpc) is 3.04. The SMILES string of the molecule is CCNC(=NCc1ccc(C)cc1OC1CCCC1)NCC(F)F.I. The number of nitrogens with zero attached hydrogens (tertiary/aromatic N) is 1. The van der Waals surface area contributed by atoms with Gasteiger partial charge in [-0.25, -0.2) is 13.8 Å². The van der Waals surface area contributed by atoms with E-state index in [1.165, 1.54) is 12.8 Å². The lowest BCUT2D eigenvalue weighted by Gasteiger charge is -2.17. The number of alkyl halides is 2. The second-order valence-electron chi connectivity index (χ2n) is 6.10. The zero-order valence-electron chi connectivity index (χ0n) is 14.9. The third kappa shape index (κ3) is 7.75. The maximum atomic E-state index is 12.4. The van der Waals surface area contributed by atoms with E-state index in [0.29, 0.717) is 19.0 Å². The maximum Gasteiger partial charge on any atom is 0.255 e. The molecule has 25 heavy (non-hydrogen) atoms. The summed E-state index contributed by atoms with van der Waals surface area (Å²) in [6.07, 6.45) is 2.48. The van der Waals surface area contributed by atoms with Crippen LogP contribution in [0.2, 0.25) is 0 Å². The van der Waals surface area contributed by atoms with Gasteiger partial charge in [0.25, 0.3) is 6.43 Å². The fraction of sp³-hybridized carbons (Fsp3) is 0.611. The van der Waals surface area contributed by atoms with Gasteiger partial charge in [0, 0.05) is 12.1 Å². The molecule has 1 saturated carbocycles. The van der Waals surface area contributed by atoms with Gasteiger partial charge in [-0.3, -0.25) is 0 Å². The molecule has 7 heteroatoms. The van der Waals surface area contributed by atoms with Crippen molar-refractivity contribution in [3.63, 3.8) is 0 Å². The van der Waals surface area contributed by atoms with Gasteiger partial charge in [-0.15, -0.1) is 24.0 Å². The van der Waals surface area contributed by atoms with Gasteiger partial charge in [-0.2, -0.15) is 0 Å². The first kappa shape index (κ1) is 21.9. The Kier molecular flexibility index (Phi) is 10.1. The Hall–Kier alpha value is -1.12. The minimum Gasteiger partial charge on any atom is -0.490 e. The van der Waals surface area contributed by atoms with Crippen LogP contribution in [0, 0.1) is 6.92 Å². The third-order valence-corrected chi connectivity index (χ3v) is 3.99. The first-order valence-corrected chi connectivity index (χ1v) is 8.65. The number of benzene rings is 1. The molecular weight excluding hydrogens is 439 g/mol. The summed E-state index contributed by atoms with van der Waals surface area (Å²) in [5, 5.41) is 5.62. The highest BCUT2D eigenvalue weighted by molar-refractivity contribution is 14.0. The molecule has 1 aromatic rings. The van der Waals surface area contributed by atoms with Crippen LogP contribution in [0.3, 0.4) is 0 Å². The van der Waals surface area contributed by atoms with Gasteiger partial charge in [0.15, 0.2) is 5.96 Å². The molecule has 0 spiro atoms. The highest BCUT2D eigenvalue weighted by Crippen LogP contribution is 2.28. The van der Waals surface area contributed by atoms with E-state index < -0.39 is 13.0 Å². The van der Waals surface area contributed by atoms with Crippen molar-refractivity contribution in [3.05, 3.63) is 29.3 Å². The molecule has 1 fully saturated rings. The van der Waals surface area contributed by atoms with E-state index in [1.807, 2.05) is 32.0 Å². The first-order chi connectivity index (χ1) is 11.6. The van der Waals surface area contributed by atoms with Gasteiger partial charge in [-0.05, 0) is 51.2 Å². The van der Waals surface area contributed by atoms with Gasteiger partial charge in [0.1, 0.15) is 5.75 Å². The van der Waals surface area contributed by atoms with Crippen LogP contribution in [0.25, 0.3) is 0 Å². The van der Waals surface area contributed by atoms with E-state index in [9.17, 15) is 8.78 Å². The Labute approximate surface area is 165 Å². The topological polar surface area (TPSA) is 45.7 Å². The van der Waals surface area contributed by atoms with E-state index in [-0.39, 0.29) is 30.1 Å². The number of hydrogen-bond acceptors (Lipinski definition) is 2. The number of halogens is 3. The molecule has 0 atom stereocenters. The van der Waals surface area contributed by atoms with Crippen LogP contribution in [0.4, 0.5) is 8.78 Å². The molecule has 0 aliphatic heterocycles. The van der Waals surface area contributed by atoms with Crippen molar-refractivity contribution in [2.75, 3.05) is 13.1 Å². The predicted octanol–water partition coefficient (Wildman–Crippen LogP) is 4.25. The first-order valence-electron chi connectivity index (χ1n) is 8.65. The van der Waals surface area contributed by atoms with Gasteiger partial charge in [0.05, 0.1) is 19.2 Å². The molecule has 1 aromatic carbocycles. The fourth-order valence-corrected chi connectivity index (χ4v) is 2.77. The van der Waals surface area contributed by atoms with Crippen molar-refractivity contribution < 1.29 is 13.5 Å². The quantitative estimate of drug-likeness (QED) is 0.358. The molecule has 0 amide bonds. The van der Waals surface area contributed by atoms with Crippen LogP contribution in [0.1, 0.15) is 43.7 Å². The van der Waals surface area contributed by atoms with E-state index in [1.54, 1.807) is 0 Å². The minimum atomic E-state index is -2.41. The fourth-order valence-electron chi connectivity index (χ4n) is 2.77. The molecule has 2 N–H and O–H groups in total. The van der Waals surface area contributed by atoms with Crippen LogP contribution in [-0.4, -0.2) is 31.6 Å². The Bertz CT molecular complexity index is 549. The number of guanidine groups is 1. The lowest BCUT2D eigenvalue weighted by atomic mass is 10.1. The van der Waals surface area contributed by atoms with Crippen molar-refractivity contribution in [2.24, 2.45) is 4.99 Å². The van der Waals surface area contributed by atoms with E-state index in [4.69, 9.17) is 4.74 Å². The number of hydrogen-bond donors (Lipinski definition) is 2. The van der Waals surface area contributed by atoms with Gasteiger partial charge in [0.2, 0.25) is 0 Å². The van der Waals surface area contributed by atoms with Crippen LogP contribution in [-0.2, 0) is 6.54 Å². The van der Waals surface area contributed by atoms with Crippen LogP contribution < -0.4 is 15.4 Å².